The van der Waals surface area contributed by atoms with E-state index in [-0.39, 0.29) is 11.3 Å². The number of nitro groups is 1. The second-order valence-electron chi connectivity index (χ2n) is 4.85. The van der Waals surface area contributed by atoms with Gasteiger partial charge in [0.2, 0.25) is 0 Å². The minimum Gasteiger partial charge on any atom is -0.379 e. The van der Waals surface area contributed by atoms with Crippen molar-refractivity contribution in [1.82, 2.24) is 10.2 Å². The molecule has 2 rings (SSSR count). The number of amides is 1. The molecule has 1 fully saturated rings. The molecule has 7 nitrogen and oxygen atoms in total. The van der Waals surface area contributed by atoms with Gasteiger partial charge in [-0.2, -0.15) is 0 Å². The van der Waals surface area contributed by atoms with Crippen LogP contribution in [-0.2, 0) is 4.74 Å². The second kappa shape index (κ2) is 8.11. The maximum absolute atomic E-state index is 12.2. The average Bonchev–Trinajstić information content (AvgIpc) is 2.55. The fraction of sp³-hybridized carbons (Fsp3) is 0.500. The molecule has 1 aliphatic heterocycles. The molecule has 1 aromatic rings. The Balaban J connectivity index is 1.97. The number of hydrogen-bond acceptors (Lipinski definition) is 6. The molecule has 8 heteroatoms. The molecule has 1 aromatic carbocycles. The summed E-state index contributed by atoms with van der Waals surface area (Å²) >= 11 is 1.44. The molecular formula is C14H19N3O4S. The van der Waals surface area contributed by atoms with Crippen LogP contribution in [0.25, 0.3) is 0 Å². The Labute approximate surface area is 133 Å². The van der Waals surface area contributed by atoms with E-state index >= 15 is 0 Å². The fourth-order valence-electron chi connectivity index (χ4n) is 2.23. The Morgan fingerprint density at radius 2 is 2.18 bits per heavy atom. The summed E-state index contributed by atoms with van der Waals surface area (Å²) in [5.41, 5.74) is -0.0551. The normalized spacial score (nSPS) is 15.5. The molecule has 0 aromatic heterocycles. The number of morpholine rings is 1. The molecule has 0 unspecified atom stereocenters. The molecule has 0 spiro atoms. The van der Waals surface area contributed by atoms with Crippen LogP contribution in [0.15, 0.2) is 23.1 Å². The summed E-state index contributed by atoms with van der Waals surface area (Å²) in [6, 6.07) is 4.59. The summed E-state index contributed by atoms with van der Waals surface area (Å²) in [6.07, 6.45) is 1.86. The van der Waals surface area contributed by atoms with Crippen LogP contribution in [0.4, 0.5) is 5.69 Å². The van der Waals surface area contributed by atoms with E-state index in [1.807, 2.05) is 6.26 Å². The van der Waals surface area contributed by atoms with Gasteiger partial charge in [-0.3, -0.25) is 19.8 Å². The zero-order valence-electron chi connectivity index (χ0n) is 12.4. The SMILES string of the molecule is CSc1ccc([N+](=O)[O-])c(C(=O)NCCN2CCOCC2)c1. The quantitative estimate of drug-likeness (QED) is 0.483. The lowest BCUT2D eigenvalue weighted by molar-refractivity contribution is -0.385. The molecule has 0 bridgehead atoms. The third-order valence-electron chi connectivity index (χ3n) is 3.46. The number of carbonyl (C=O) groups is 1. The minimum absolute atomic E-state index is 0.110. The van der Waals surface area contributed by atoms with Crippen LogP contribution in [0.5, 0.6) is 0 Å². The average molecular weight is 325 g/mol. The lowest BCUT2D eigenvalue weighted by Crippen LogP contribution is -2.41. The van der Waals surface area contributed by atoms with Crippen molar-refractivity contribution >= 4 is 23.4 Å². The van der Waals surface area contributed by atoms with Crippen molar-refractivity contribution in [3.8, 4) is 0 Å². The summed E-state index contributed by atoms with van der Waals surface area (Å²) < 4.78 is 5.26. The van der Waals surface area contributed by atoms with Gasteiger partial charge in [-0.25, -0.2) is 0 Å². The maximum Gasteiger partial charge on any atom is 0.282 e. The molecule has 1 heterocycles. The molecule has 0 radical (unpaired) electrons. The Bertz CT molecular complexity index is 547. The van der Waals surface area contributed by atoms with Gasteiger partial charge in [-0.05, 0) is 18.4 Å². The van der Waals surface area contributed by atoms with Gasteiger partial charge in [0.25, 0.3) is 11.6 Å². The predicted molar refractivity (Wildman–Crippen MR) is 84.5 cm³/mol. The molecular weight excluding hydrogens is 306 g/mol. The molecule has 0 saturated carbocycles. The van der Waals surface area contributed by atoms with Gasteiger partial charge in [0.1, 0.15) is 5.56 Å². The van der Waals surface area contributed by atoms with Crippen LogP contribution in [-0.4, -0.2) is 61.4 Å². The second-order valence-corrected chi connectivity index (χ2v) is 5.73. The Hall–Kier alpha value is -1.64. The van der Waals surface area contributed by atoms with E-state index in [2.05, 4.69) is 10.2 Å². The third-order valence-corrected chi connectivity index (χ3v) is 4.19. The summed E-state index contributed by atoms with van der Waals surface area (Å²) in [5, 5.41) is 13.8. The first-order valence-electron chi connectivity index (χ1n) is 7.02. The zero-order valence-corrected chi connectivity index (χ0v) is 13.2. The van der Waals surface area contributed by atoms with Gasteiger partial charge >= 0.3 is 0 Å². The Kier molecular flexibility index (Phi) is 6.17. The van der Waals surface area contributed by atoms with Gasteiger partial charge in [-0.15, -0.1) is 11.8 Å². The highest BCUT2D eigenvalue weighted by Crippen LogP contribution is 2.24. The van der Waals surface area contributed by atoms with Crippen LogP contribution in [0, 0.1) is 10.1 Å². The van der Waals surface area contributed by atoms with Crippen molar-refractivity contribution in [3.63, 3.8) is 0 Å². The van der Waals surface area contributed by atoms with Crippen LogP contribution in [0.1, 0.15) is 10.4 Å². The number of nitrogens with zero attached hydrogens (tertiary/aromatic N) is 2. The first-order chi connectivity index (χ1) is 10.6. The zero-order chi connectivity index (χ0) is 15.9. The topological polar surface area (TPSA) is 84.7 Å². The first kappa shape index (κ1) is 16.7. The van der Waals surface area contributed by atoms with E-state index < -0.39 is 10.8 Å². The van der Waals surface area contributed by atoms with E-state index in [0.717, 1.165) is 18.0 Å². The molecule has 1 amide bonds. The predicted octanol–water partition coefficient (Wildman–Crippen LogP) is 1.38. The monoisotopic (exact) mass is 325 g/mol. The smallest absolute Gasteiger partial charge is 0.282 e. The van der Waals surface area contributed by atoms with E-state index in [9.17, 15) is 14.9 Å². The van der Waals surface area contributed by atoms with E-state index in [1.54, 1.807) is 12.1 Å². The van der Waals surface area contributed by atoms with Gasteiger partial charge in [0.05, 0.1) is 18.1 Å². The van der Waals surface area contributed by atoms with Crippen molar-refractivity contribution in [2.45, 2.75) is 4.90 Å². The van der Waals surface area contributed by atoms with Crippen molar-refractivity contribution in [2.75, 3.05) is 45.6 Å². The molecule has 1 N–H and O–H groups in total. The van der Waals surface area contributed by atoms with Crippen LogP contribution in [0.3, 0.4) is 0 Å². The summed E-state index contributed by atoms with van der Waals surface area (Å²) in [4.78, 5) is 25.7. The number of nitrogens with one attached hydrogen (secondary N) is 1. The molecule has 0 aliphatic carbocycles. The van der Waals surface area contributed by atoms with Crippen LogP contribution in [0.2, 0.25) is 0 Å². The van der Waals surface area contributed by atoms with Crippen molar-refractivity contribution < 1.29 is 14.5 Å². The summed E-state index contributed by atoms with van der Waals surface area (Å²) in [6.45, 7) is 4.27. The lowest BCUT2D eigenvalue weighted by Gasteiger charge is -2.26. The molecule has 120 valence electrons. The van der Waals surface area contributed by atoms with E-state index in [1.165, 1.54) is 17.8 Å². The third kappa shape index (κ3) is 4.43. The Morgan fingerprint density at radius 1 is 1.45 bits per heavy atom. The number of carbonyl (C=O) groups excluding carboxylic acids is 1. The molecule has 1 saturated heterocycles. The number of nitro benzene ring substituents is 1. The summed E-state index contributed by atoms with van der Waals surface area (Å²) in [5.74, 6) is -0.407. The number of rotatable bonds is 6. The largest absolute Gasteiger partial charge is 0.379 e. The number of ether oxygens (including phenoxy) is 1. The molecule has 22 heavy (non-hydrogen) atoms. The minimum atomic E-state index is -0.527. The van der Waals surface area contributed by atoms with Crippen molar-refractivity contribution in [1.29, 1.82) is 0 Å². The highest BCUT2D eigenvalue weighted by Gasteiger charge is 2.20. The van der Waals surface area contributed by atoms with Gasteiger partial charge in [0, 0.05) is 37.1 Å². The fourth-order valence-corrected chi connectivity index (χ4v) is 2.67. The number of thioether (sulfide) groups is 1. The molecule has 1 aliphatic rings. The highest BCUT2D eigenvalue weighted by molar-refractivity contribution is 7.98. The van der Waals surface area contributed by atoms with Crippen LogP contribution < -0.4 is 5.32 Å². The maximum atomic E-state index is 12.2. The highest BCUT2D eigenvalue weighted by atomic mass is 32.2. The van der Waals surface area contributed by atoms with Gasteiger partial charge in [0.15, 0.2) is 0 Å². The standard InChI is InChI=1S/C14H19N3O4S/c1-22-11-2-3-13(17(19)20)12(10-11)14(18)15-4-5-16-6-8-21-9-7-16/h2-3,10H,4-9H2,1H3,(H,15,18). The summed E-state index contributed by atoms with van der Waals surface area (Å²) in [7, 11) is 0. The number of hydrogen-bond donors (Lipinski definition) is 1. The Morgan fingerprint density at radius 3 is 2.82 bits per heavy atom. The van der Waals surface area contributed by atoms with E-state index in [4.69, 9.17) is 4.74 Å². The van der Waals surface area contributed by atoms with Crippen LogP contribution >= 0.6 is 11.8 Å². The first-order valence-corrected chi connectivity index (χ1v) is 8.25. The van der Waals surface area contributed by atoms with Gasteiger partial charge < -0.3 is 10.1 Å². The lowest BCUT2D eigenvalue weighted by atomic mass is 10.1. The van der Waals surface area contributed by atoms with Crippen molar-refractivity contribution in [3.05, 3.63) is 33.9 Å². The van der Waals surface area contributed by atoms with Crippen molar-refractivity contribution in [2.24, 2.45) is 0 Å². The number of benzene rings is 1. The molecule has 0 atom stereocenters. The van der Waals surface area contributed by atoms with Gasteiger partial charge in [-0.1, -0.05) is 0 Å². The van der Waals surface area contributed by atoms with E-state index in [0.29, 0.717) is 26.3 Å².